The topological polar surface area (TPSA) is 101 Å². The van der Waals surface area contributed by atoms with Gasteiger partial charge in [0, 0.05) is 5.69 Å². The van der Waals surface area contributed by atoms with Gasteiger partial charge >= 0.3 is 11.9 Å². The number of esters is 1. The molecule has 0 spiro atoms. The third kappa shape index (κ3) is 7.04. The summed E-state index contributed by atoms with van der Waals surface area (Å²) < 4.78 is 5.28. The Morgan fingerprint density at radius 2 is 1.61 bits per heavy atom. The van der Waals surface area contributed by atoms with Gasteiger partial charge in [-0.3, -0.25) is 9.59 Å². The van der Waals surface area contributed by atoms with E-state index >= 15 is 0 Å². The minimum absolute atomic E-state index is 0.0158. The Balaban J connectivity index is 2.28. The van der Waals surface area contributed by atoms with Crippen molar-refractivity contribution in [3.05, 3.63) is 63.6 Å². The maximum Gasteiger partial charge on any atom is 0.375 e. The Hall–Kier alpha value is -2.90. The molecule has 0 aliphatic rings. The van der Waals surface area contributed by atoms with E-state index in [-0.39, 0.29) is 18.0 Å². The molecule has 0 aliphatic heterocycles. The van der Waals surface area contributed by atoms with Crippen LogP contribution in [-0.2, 0) is 25.7 Å². The van der Waals surface area contributed by atoms with Crippen LogP contribution in [0, 0.1) is 5.92 Å². The molecule has 1 amide bonds. The Morgan fingerprint density at radius 3 is 2.12 bits per heavy atom. The van der Waals surface area contributed by atoms with Crippen LogP contribution in [-0.4, -0.2) is 34.3 Å². The molecule has 0 radical (unpaired) electrons. The van der Waals surface area contributed by atoms with Crippen LogP contribution in [0.25, 0.3) is 0 Å². The number of hydrogen-bond acceptors (Lipinski definition) is 5. The zero-order chi connectivity index (χ0) is 24.9. The quantitative estimate of drug-likeness (QED) is 0.294. The van der Waals surface area contributed by atoms with E-state index in [0.717, 1.165) is 0 Å². The van der Waals surface area contributed by atoms with E-state index in [0.29, 0.717) is 21.3 Å². The first kappa shape index (κ1) is 26.4. The molecule has 7 nitrogen and oxygen atoms in total. The molecule has 9 heteroatoms. The SMILES string of the molecule is CC(C)C(C)(C)OC(=O)C(=O)CC(=O)N(Cc1ccc(Cl)c(Cl)c1)c1ccc(C(=O)O)cc1. The first-order valence-electron chi connectivity index (χ1n) is 10.2. The average molecular weight is 494 g/mol. The Labute approximate surface area is 202 Å². The van der Waals surface area contributed by atoms with Crippen molar-refractivity contribution in [1.29, 1.82) is 0 Å². The number of carboxylic acid groups (broad SMARTS) is 1. The number of halogens is 2. The number of rotatable bonds is 9. The van der Waals surface area contributed by atoms with Gasteiger partial charge in [0.2, 0.25) is 11.7 Å². The third-order valence-electron chi connectivity index (χ3n) is 5.34. The maximum atomic E-state index is 13.1. The number of anilines is 1. The molecule has 0 saturated heterocycles. The van der Waals surface area contributed by atoms with E-state index in [9.17, 15) is 19.2 Å². The molecule has 0 atom stereocenters. The number of carbonyl (C=O) groups excluding carboxylic acids is 3. The highest BCUT2D eigenvalue weighted by molar-refractivity contribution is 6.42. The fourth-order valence-electron chi connectivity index (χ4n) is 2.65. The van der Waals surface area contributed by atoms with Crippen LogP contribution in [0.1, 0.15) is 50.0 Å². The largest absolute Gasteiger partial charge is 0.478 e. The minimum atomic E-state index is -1.12. The van der Waals surface area contributed by atoms with Crippen LogP contribution in [0.15, 0.2) is 42.5 Å². The minimum Gasteiger partial charge on any atom is -0.478 e. The van der Waals surface area contributed by atoms with Crippen LogP contribution in [0.3, 0.4) is 0 Å². The van der Waals surface area contributed by atoms with Gasteiger partial charge in [0.15, 0.2) is 0 Å². The van der Waals surface area contributed by atoms with Crippen molar-refractivity contribution in [1.82, 2.24) is 0 Å². The first-order valence-corrected chi connectivity index (χ1v) is 10.9. The number of carboxylic acids is 1. The molecular formula is C24H25Cl2NO6. The molecule has 0 saturated carbocycles. The number of benzene rings is 2. The highest BCUT2D eigenvalue weighted by atomic mass is 35.5. The van der Waals surface area contributed by atoms with Crippen LogP contribution >= 0.6 is 23.2 Å². The lowest BCUT2D eigenvalue weighted by atomic mass is 9.94. The van der Waals surface area contributed by atoms with Crippen molar-refractivity contribution in [2.45, 2.75) is 46.3 Å². The van der Waals surface area contributed by atoms with Gasteiger partial charge in [0.25, 0.3) is 0 Å². The molecule has 2 rings (SSSR count). The average Bonchev–Trinajstić information content (AvgIpc) is 2.74. The monoisotopic (exact) mass is 493 g/mol. The first-order chi connectivity index (χ1) is 15.3. The van der Waals surface area contributed by atoms with E-state index in [1.54, 1.807) is 32.0 Å². The van der Waals surface area contributed by atoms with Crippen molar-refractivity contribution < 1.29 is 29.0 Å². The summed E-state index contributed by atoms with van der Waals surface area (Å²) in [4.78, 5) is 50.2. The summed E-state index contributed by atoms with van der Waals surface area (Å²) in [5.41, 5.74) is 0.134. The number of hydrogen-bond donors (Lipinski definition) is 1. The molecule has 33 heavy (non-hydrogen) atoms. The smallest absolute Gasteiger partial charge is 0.375 e. The number of carbonyl (C=O) groups is 4. The third-order valence-corrected chi connectivity index (χ3v) is 6.08. The molecule has 2 aromatic carbocycles. The van der Waals surface area contributed by atoms with Gasteiger partial charge in [0.1, 0.15) is 5.60 Å². The number of ether oxygens (including phenoxy) is 1. The fraction of sp³-hybridized carbons (Fsp3) is 0.333. The number of amides is 1. The Bertz CT molecular complexity index is 1060. The summed E-state index contributed by atoms with van der Waals surface area (Å²) in [6.07, 6.45) is -0.713. The van der Waals surface area contributed by atoms with Gasteiger partial charge in [-0.05, 0) is 61.7 Å². The van der Waals surface area contributed by atoms with Crippen molar-refractivity contribution >= 4 is 52.5 Å². The molecule has 0 unspecified atom stereocenters. The normalized spacial score (nSPS) is 11.2. The Kier molecular flexibility index (Phi) is 8.63. The number of ketones is 1. The number of Topliss-reactive ketones (excluding diaryl/α,β-unsaturated/α-hetero) is 1. The van der Waals surface area contributed by atoms with Crippen LogP contribution in [0.2, 0.25) is 10.0 Å². The molecule has 0 fully saturated rings. The van der Waals surface area contributed by atoms with Gasteiger partial charge in [-0.1, -0.05) is 43.1 Å². The molecular weight excluding hydrogens is 469 g/mol. The maximum absolute atomic E-state index is 13.1. The molecule has 0 aromatic heterocycles. The molecule has 1 N–H and O–H groups in total. The van der Waals surface area contributed by atoms with Crippen molar-refractivity contribution in [2.24, 2.45) is 5.92 Å². The second-order valence-electron chi connectivity index (χ2n) is 8.33. The second-order valence-corrected chi connectivity index (χ2v) is 9.14. The van der Waals surface area contributed by atoms with Crippen LogP contribution in [0.5, 0.6) is 0 Å². The van der Waals surface area contributed by atoms with Crippen LogP contribution < -0.4 is 4.90 Å². The highest BCUT2D eigenvalue weighted by Gasteiger charge is 2.32. The summed E-state index contributed by atoms with van der Waals surface area (Å²) in [5, 5.41) is 9.76. The highest BCUT2D eigenvalue weighted by Crippen LogP contribution is 2.26. The molecule has 2 aromatic rings. The second kappa shape index (κ2) is 10.8. The fourth-order valence-corrected chi connectivity index (χ4v) is 2.97. The van der Waals surface area contributed by atoms with Gasteiger partial charge < -0.3 is 14.7 Å². The van der Waals surface area contributed by atoms with Crippen molar-refractivity contribution in [3.63, 3.8) is 0 Å². The van der Waals surface area contributed by atoms with Crippen LogP contribution in [0.4, 0.5) is 5.69 Å². The van der Waals surface area contributed by atoms with E-state index in [1.165, 1.54) is 29.2 Å². The molecule has 176 valence electrons. The number of aromatic carboxylic acids is 1. The summed E-state index contributed by atoms with van der Waals surface area (Å²) in [7, 11) is 0. The zero-order valence-electron chi connectivity index (χ0n) is 18.7. The van der Waals surface area contributed by atoms with E-state index in [2.05, 4.69) is 0 Å². The van der Waals surface area contributed by atoms with Crippen molar-refractivity contribution in [3.8, 4) is 0 Å². The number of nitrogens with zero attached hydrogens (tertiary/aromatic N) is 1. The lowest BCUT2D eigenvalue weighted by Crippen LogP contribution is -2.38. The zero-order valence-corrected chi connectivity index (χ0v) is 20.2. The van der Waals surface area contributed by atoms with Gasteiger partial charge in [-0.25, -0.2) is 9.59 Å². The van der Waals surface area contributed by atoms with E-state index < -0.39 is 35.7 Å². The lowest BCUT2D eigenvalue weighted by Gasteiger charge is -2.29. The summed E-state index contributed by atoms with van der Waals surface area (Å²) in [5.74, 6) is -3.88. The summed E-state index contributed by atoms with van der Waals surface area (Å²) in [6, 6.07) is 10.4. The predicted octanol–water partition coefficient (Wildman–Crippen LogP) is 5.16. The van der Waals surface area contributed by atoms with Crippen molar-refractivity contribution in [2.75, 3.05) is 4.90 Å². The van der Waals surface area contributed by atoms with Gasteiger partial charge in [0.05, 0.1) is 28.6 Å². The van der Waals surface area contributed by atoms with Gasteiger partial charge in [-0.15, -0.1) is 0 Å². The van der Waals surface area contributed by atoms with E-state index in [1.807, 2.05) is 13.8 Å². The molecule has 0 bridgehead atoms. The standard InChI is InChI=1S/C24H25Cl2NO6/c1-14(2)24(3,4)33-23(32)20(28)12-21(29)27(13-15-5-10-18(25)19(26)11-15)17-8-6-16(7-9-17)22(30)31/h5-11,14H,12-13H2,1-4H3,(H,30,31). The molecule has 0 heterocycles. The van der Waals surface area contributed by atoms with E-state index in [4.69, 9.17) is 33.0 Å². The molecule has 0 aliphatic carbocycles. The lowest BCUT2D eigenvalue weighted by molar-refractivity contribution is -0.167. The summed E-state index contributed by atoms with van der Waals surface area (Å²) >= 11 is 12.0. The Morgan fingerprint density at radius 1 is 1.00 bits per heavy atom. The van der Waals surface area contributed by atoms with Gasteiger partial charge in [-0.2, -0.15) is 0 Å². The summed E-state index contributed by atoms with van der Waals surface area (Å²) in [6.45, 7) is 7.09. The predicted molar refractivity (Wildman–Crippen MR) is 126 cm³/mol.